The normalized spacial score (nSPS) is 21.3. The Bertz CT molecular complexity index is 513. The number of alkyl halides is 3. The molecule has 0 saturated heterocycles. The van der Waals surface area contributed by atoms with Crippen molar-refractivity contribution < 1.29 is 18.0 Å². The molecule has 8 heteroatoms. The van der Waals surface area contributed by atoms with E-state index in [2.05, 4.69) is 5.32 Å². The number of benzene rings is 1. The average molecular weight is 355 g/mol. The van der Waals surface area contributed by atoms with Crippen molar-refractivity contribution in [1.29, 1.82) is 0 Å². The molecule has 0 radical (unpaired) electrons. The summed E-state index contributed by atoms with van der Waals surface area (Å²) in [6, 6.07) is 5.93. The number of halogens is 4. The van der Waals surface area contributed by atoms with Crippen LogP contribution in [0, 0.1) is 5.92 Å². The molecular weight excluding hydrogens is 337 g/mol. The van der Waals surface area contributed by atoms with Gasteiger partial charge in [0.15, 0.2) is 0 Å². The fraction of sp³-hybridized carbons (Fsp3) is 0.500. The monoisotopic (exact) mass is 354 g/mol. The van der Waals surface area contributed by atoms with E-state index in [1.165, 1.54) is 18.2 Å². The first kappa shape index (κ1) is 19.1. The minimum atomic E-state index is -4.38. The van der Waals surface area contributed by atoms with Crippen LogP contribution in [0.25, 0.3) is 0 Å². The second kappa shape index (κ2) is 8.08. The first-order chi connectivity index (χ1) is 9.85. The molecule has 2 rings (SSSR count). The molecule has 1 aliphatic carbocycles. The van der Waals surface area contributed by atoms with Crippen molar-refractivity contribution in [1.82, 2.24) is 0 Å². The summed E-state index contributed by atoms with van der Waals surface area (Å²) in [4.78, 5) is 12.0. The molecule has 124 valence electrons. The number of carbonyl (C=O) groups is 1. The van der Waals surface area contributed by atoms with Crippen molar-refractivity contribution in [2.75, 3.05) is 5.32 Å². The van der Waals surface area contributed by atoms with Crippen LogP contribution in [0.15, 0.2) is 29.2 Å². The van der Waals surface area contributed by atoms with Gasteiger partial charge in [0, 0.05) is 17.4 Å². The van der Waals surface area contributed by atoms with Crippen LogP contribution in [0.5, 0.6) is 0 Å². The average Bonchev–Trinajstić information content (AvgIpc) is 2.76. The largest absolute Gasteiger partial charge is 0.446 e. The summed E-state index contributed by atoms with van der Waals surface area (Å²) in [6.45, 7) is 0. The number of carbonyl (C=O) groups excluding carboxylic acids is 1. The molecule has 22 heavy (non-hydrogen) atoms. The van der Waals surface area contributed by atoms with Crippen molar-refractivity contribution in [3.63, 3.8) is 0 Å². The third-order valence-corrected chi connectivity index (χ3v) is 4.36. The van der Waals surface area contributed by atoms with Crippen LogP contribution in [0.3, 0.4) is 0 Å². The number of hydrogen-bond acceptors (Lipinski definition) is 3. The van der Waals surface area contributed by atoms with E-state index < -0.39 is 5.51 Å². The second-order valence-electron chi connectivity index (χ2n) is 5.15. The molecule has 1 amide bonds. The zero-order chi connectivity index (χ0) is 15.5. The molecule has 0 heterocycles. The molecule has 0 unspecified atom stereocenters. The van der Waals surface area contributed by atoms with E-state index in [1.54, 1.807) is 6.07 Å². The van der Waals surface area contributed by atoms with E-state index >= 15 is 0 Å². The highest BCUT2D eigenvalue weighted by Gasteiger charge is 2.31. The van der Waals surface area contributed by atoms with Gasteiger partial charge >= 0.3 is 5.51 Å². The van der Waals surface area contributed by atoms with Gasteiger partial charge in [0.05, 0.1) is 5.69 Å². The van der Waals surface area contributed by atoms with E-state index in [0.29, 0.717) is 0 Å². The van der Waals surface area contributed by atoms with Gasteiger partial charge in [-0.25, -0.2) is 0 Å². The highest BCUT2D eigenvalue weighted by molar-refractivity contribution is 8.00. The molecule has 0 bridgehead atoms. The van der Waals surface area contributed by atoms with Gasteiger partial charge in [-0.3, -0.25) is 4.79 Å². The Labute approximate surface area is 137 Å². The number of rotatable bonds is 4. The standard InChI is InChI=1S/C14H17F3N2OS.ClH/c15-14(16,17)21-12-7-2-1-6-11(12)19-13(20)8-9-4-3-5-10(9)18;/h1-2,6-7,9-10H,3-5,8,18H2,(H,19,20);1H/t9-,10+;/m0./s1. The summed E-state index contributed by atoms with van der Waals surface area (Å²) in [5, 5.41) is 2.57. The maximum atomic E-state index is 12.5. The third kappa shape index (κ3) is 5.70. The topological polar surface area (TPSA) is 55.1 Å². The summed E-state index contributed by atoms with van der Waals surface area (Å²) < 4.78 is 37.4. The van der Waals surface area contributed by atoms with E-state index in [-0.39, 0.29) is 59.0 Å². The third-order valence-electron chi connectivity index (χ3n) is 3.55. The highest BCUT2D eigenvalue weighted by Crippen LogP contribution is 2.40. The zero-order valence-corrected chi connectivity index (χ0v) is 13.4. The van der Waals surface area contributed by atoms with Gasteiger partial charge in [-0.2, -0.15) is 13.2 Å². The lowest BCUT2D eigenvalue weighted by molar-refractivity contribution is -0.117. The van der Waals surface area contributed by atoms with Crippen molar-refractivity contribution in [3.8, 4) is 0 Å². The summed E-state index contributed by atoms with van der Waals surface area (Å²) in [5.74, 6) is -0.167. The fourth-order valence-electron chi connectivity index (χ4n) is 2.54. The van der Waals surface area contributed by atoms with Crippen molar-refractivity contribution in [2.24, 2.45) is 11.7 Å². The number of amides is 1. The minimum absolute atomic E-state index is 0. The van der Waals surface area contributed by atoms with Crippen LogP contribution in [-0.4, -0.2) is 17.5 Å². The van der Waals surface area contributed by atoms with Gasteiger partial charge in [-0.15, -0.1) is 12.4 Å². The number of thioether (sulfide) groups is 1. The predicted octanol–water partition coefficient (Wildman–Crippen LogP) is 4.18. The van der Waals surface area contributed by atoms with E-state index in [1.807, 2.05) is 0 Å². The first-order valence-corrected chi connectivity index (χ1v) is 7.57. The Morgan fingerprint density at radius 2 is 2.00 bits per heavy atom. The Morgan fingerprint density at radius 1 is 1.32 bits per heavy atom. The maximum Gasteiger partial charge on any atom is 0.446 e. The Hall–Kier alpha value is -0.920. The van der Waals surface area contributed by atoms with Gasteiger partial charge < -0.3 is 11.1 Å². The quantitative estimate of drug-likeness (QED) is 0.798. The van der Waals surface area contributed by atoms with E-state index in [0.717, 1.165) is 19.3 Å². The van der Waals surface area contributed by atoms with Gasteiger partial charge in [0.2, 0.25) is 5.91 Å². The van der Waals surface area contributed by atoms with Crippen LogP contribution in [0.1, 0.15) is 25.7 Å². The molecule has 1 aliphatic rings. The summed E-state index contributed by atoms with van der Waals surface area (Å²) >= 11 is -0.227. The van der Waals surface area contributed by atoms with Crippen LogP contribution >= 0.6 is 24.2 Å². The van der Waals surface area contributed by atoms with Gasteiger partial charge in [-0.05, 0) is 42.7 Å². The molecule has 0 aliphatic heterocycles. The number of para-hydroxylation sites is 1. The number of hydrogen-bond donors (Lipinski definition) is 2. The minimum Gasteiger partial charge on any atom is -0.327 e. The molecule has 2 atom stereocenters. The Balaban J connectivity index is 0.00000242. The van der Waals surface area contributed by atoms with Crippen LogP contribution < -0.4 is 11.1 Å². The highest BCUT2D eigenvalue weighted by atomic mass is 35.5. The first-order valence-electron chi connectivity index (χ1n) is 6.75. The Morgan fingerprint density at radius 3 is 2.59 bits per heavy atom. The molecule has 1 aromatic carbocycles. The summed E-state index contributed by atoms with van der Waals surface area (Å²) in [5.41, 5.74) is 1.71. The number of anilines is 1. The second-order valence-corrected chi connectivity index (χ2v) is 6.26. The van der Waals surface area contributed by atoms with Crippen LogP contribution in [-0.2, 0) is 4.79 Å². The smallest absolute Gasteiger partial charge is 0.327 e. The summed E-state index contributed by atoms with van der Waals surface area (Å²) in [6.07, 6.45) is 3.05. The molecule has 3 nitrogen and oxygen atoms in total. The van der Waals surface area contributed by atoms with Gasteiger partial charge in [-0.1, -0.05) is 18.6 Å². The van der Waals surface area contributed by atoms with E-state index in [4.69, 9.17) is 5.73 Å². The van der Waals surface area contributed by atoms with Gasteiger partial charge in [0.1, 0.15) is 0 Å². The van der Waals surface area contributed by atoms with Crippen molar-refractivity contribution in [3.05, 3.63) is 24.3 Å². The molecule has 0 spiro atoms. The molecule has 0 aromatic heterocycles. The van der Waals surface area contributed by atoms with Crippen LogP contribution in [0.2, 0.25) is 0 Å². The van der Waals surface area contributed by atoms with Crippen LogP contribution in [0.4, 0.5) is 18.9 Å². The molecule has 1 fully saturated rings. The molecule has 1 aromatic rings. The number of nitrogens with one attached hydrogen (secondary N) is 1. The van der Waals surface area contributed by atoms with Crippen molar-refractivity contribution >= 4 is 35.8 Å². The lowest BCUT2D eigenvalue weighted by atomic mass is 10.00. The van der Waals surface area contributed by atoms with Crippen molar-refractivity contribution in [2.45, 2.75) is 42.1 Å². The lowest BCUT2D eigenvalue weighted by Gasteiger charge is -2.16. The molecular formula is C14H18ClF3N2OS. The zero-order valence-electron chi connectivity index (χ0n) is 11.7. The van der Waals surface area contributed by atoms with E-state index in [9.17, 15) is 18.0 Å². The molecule has 1 saturated carbocycles. The Kier molecular flexibility index (Phi) is 7.02. The van der Waals surface area contributed by atoms with Gasteiger partial charge in [0.25, 0.3) is 0 Å². The SMILES string of the molecule is Cl.N[C@@H]1CCC[C@H]1CC(=O)Nc1ccccc1SC(F)(F)F. The lowest BCUT2D eigenvalue weighted by Crippen LogP contribution is -2.28. The fourth-order valence-corrected chi connectivity index (χ4v) is 3.17. The summed E-state index contributed by atoms with van der Waals surface area (Å²) in [7, 11) is 0. The maximum absolute atomic E-state index is 12.5. The predicted molar refractivity (Wildman–Crippen MR) is 84.2 cm³/mol. The molecule has 3 N–H and O–H groups in total. The number of nitrogens with two attached hydrogens (primary N) is 1.